The second-order valence-corrected chi connectivity index (χ2v) is 20.6. The Hall–Kier alpha value is -10.9. The van der Waals surface area contributed by atoms with Gasteiger partial charge in [0.1, 0.15) is 0 Å². The molecule has 4 heteroatoms. The van der Waals surface area contributed by atoms with Crippen molar-refractivity contribution < 1.29 is 0 Å². The van der Waals surface area contributed by atoms with Gasteiger partial charge in [-0.1, -0.05) is 303 Å². The van der Waals surface area contributed by atoms with Crippen LogP contribution in [0.25, 0.3) is 145 Å². The molecule has 0 unspecified atom stereocenters. The van der Waals surface area contributed by atoms with Crippen LogP contribution in [0.5, 0.6) is 0 Å². The van der Waals surface area contributed by atoms with Crippen molar-refractivity contribution in [3.8, 4) is 135 Å². The minimum absolute atomic E-state index is 0.689. The summed E-state index contributed by atoms with van der Waals surface area (Å²) in [5.41, 5.74) is 23.6. The van der Waals surface area contributed by atoms with Crippen molar-refractivity contribution in [1.82, 2.24) is 19.9 Å². The van der Waals surface area contributed by atoms with Crippen molar-refractivity contribution in [2.45, 2.75) is 0 Å². The first-order valence-corrected chi connectivity index (χ1v) is 27.8. The van der Waals surface area contributed by atoms with Crippen molar-refractivity contribution >= 4 is 10.8 Å². The number of hydrogen-bond acceptors (Lipinski definition) is 4. The average molecular weight is 1050 g/mol. The van der Waals surface area contributed by atoms with Crippen molar-refractivity contribution in [2.24, 2.45) is 0 Å². The molecule has 0 aliphatic rings. The fourth-order valence-electron chi connectivity index (χ4n) is 11.0. The van der Waals surface area contributed by atoms with Gasteiger partial charge in [0, 0.05) is 33.4 Å². The van der Waals surface area contributed by atoms with E-state index in [1.807, 2.05) is 48.5 Å². The quantitative estimate of drug-likeness (QED) is 0.122. The number of fused-ring (bicyclic) bond motifs is 1. The van der Waals surface area contributed by atoms with E-state index in [0.717, 1.165) is 78.4 Å². The lowest BCUT2D eigenvalue weighted by atomic mass is 9.92. The minimum atomic E-state index is 0.689. The Balaban J connectivity index is 0.735. The molecule has 0 aliphatic heterocycles. The molecule has 0 N–H and O–H groups in total. The SMILES string of the molecule is c1ccc(-c2ccc(-c3ccc(-c4cc(-c5ccc(-c6cccc7c(-c8ccc(-c9cc(-c%10ccc(-c%11ccc(-c%12ccccc%12)cc%11)cc%10)nc(-c%10ccccc%10)n9)cc8)cccc67)cc5)nc(-c5ccccc5)n4)cc3)cc2)cc1. The van der Waals surface area contributed by atoms with E-state index in [4.69, 9.17) is 19.9 Å². The molecule has 4 nitrogen and oxygen atoms in total. The molecule has 14 rings (SSSR count). The molecule has 2 heterocycles. The fourth-order valence-corrected chi connectivity index (χ4v) is 11.0. The molecule has 12 aromatic carbocycles. The summed E-state index contributed by atoms with van der Waals surface area (Å²) in [5.74, 6) is 1.38. The van der Waals surface area contributed by atoms with Crippen molar-refractivity contribution in [3.63, 3.8) is 0 Å². The fraction of sp³-hybridized carbons (Fsp3) is 0. The maximum atomic E-state index is 5.16. The van der Waals surface area contributed by atoms with Gasteiger partial charge in [0.05, 0.1) is 22.8 Å². The smallest absolute Gasteiger partial charge is 0.160 e. The molecule has 384 valence electrons. The molecule has 0 saturated heterocycles. The Bertz CT molecular complexity index is 4210. The number of nitrogens with zero attached hydrogens (tertiary/aromatic N) is 4. The maximum Gasteiger partial charge on any atom is 0.160 e. The van der Waals surface area contributed by atoms with E-state index in [-0.39, 0.29) is 0 Å². The maximum absolute atomic E-state index is 5.16. The van der Waals surface area contributed by atoms with E-state index in [1.54, 1.807) is 0 Å². The van der Waals surface area contributed by atoms with Crippen molar-refractivity contribution in [2.75, 3.05) is 0 Å². The molecule has 14 aromatic rings. The van der Waals surface area contributed by atoms with Crippen LogP contribution in [0.2, 0.25) is 0 Å². The number of benzene rings is 12. The van der Waals surface area contributed by atoms with Crippen LogP contribution in [0.15, 0.2) is 315 Å². The van der Waals surface area contributed by atoms with E-state index in [2.05, 4.69) is 267 Å². The zero-order chi connectivity index (χ0) is 54.6. The molecular formula is C78H52N4. The van der Waals surface area contributed by atoms with Crippen LogP contribution >= 0.6 is 0 Å². The highest BCUT2D eigenvalue weighted by Gasteiger charge is 2.16. The van der Waals surface area contributed by atoms with E-state index >= 15 is 0 Å². The molecule has 0 aliphatic carbocycles. The second kappa shape index (κ2) is 22.1. The van der Waals surface area contributed by atoms with Crippen LogP contribution in [-0.2, 0) is 0 Å². The predicted octanol–water partition coefficient (Wildman–Crippen LogP) is 20.4. The van der Waals surface area contributed by atoms with Crippen molar-refractivity contribution in [3.05, 3.63) is 315 Å². The lowest BCUT2D eigenvalue weighted by Gasteiger charge is -2.13. The Kier molecular flexibility index (Phi) is 13.3. The van der Waals surface area contributed by atoms with Gasteiger partial charge in [-0.3, -0.25) is 0 Å². The highest BCUT2D eigenvalue weighted by atomic mass is 14.9. The van der Waals surface area contributed by atoms with Gasteiger partial charge in [0.15, 0.2) is 11.6 Å². The average Bonchev–Trinajstić information content (AvgIpc) is 3.65. The van der Waals surface area contributed by atoms with Gasteiger partial charge >= 0.3 is 0 Å². The van der Waals surface area contributed by atoms with Crippen molar-refractivity contribution in [1.29, 1.82) is 0 Å². The Morgan fingerprint density at radius 1 is 0.146 bits per heavy atom. The van der Waals surface area contributed by atoms with Gasteiger partial charge in [0.2, 0.25) is 0 Å². The first-order chi connectivity index (χ1) is 40.6. The molecule has 0 saturated carbocycles. The summed E-state index contributed by atoms with van der Waals surface area (Å²) in [7, 11) is 0. The summed E-state index contributed by atoms with van der Waals surface area (Å²) in [5, 5.41) is 2.37. The highest BCUT2D eigenvalue weighted by molar-refractivity contribution is 6.04. The molecule has 0 fully saturated rings. The molecule has 0 atom stereocenters. The largest absolute Gasteiger partial charge is 0.228 e. The van der Waals surface area contributed by atoms with Gasteiger partial charge in [-0.15, -0.1) is 0 Å². The van der Waals surface area contributed by atoms with E-state index < -0.39 is 0 Å². The summed E-state index contributed by atoms with van der Waals surface area (Å²) in [6, 6.07) is 111. The highest BCUT2D eigenvalue weighted by Crippen LogP contribution is 2.38. The summed E-state index contributed by atoms with van der Waals surface area (Å²) in [4.78, 5) is 20.6. The third-order valence-electron chi connectivity index (χ3n) is 15.4. The summed E-state index contributed by atoms with van der Waals surface area (Å²) in [6.45, 7) is 0. The summed E-state index contributed by atoms with van der Waals surface area (Å²) >= 11 is 0. The van der Waals surface area contributed by atoms with Gasteiger partial charge in [0.25, 0.3) is 0 Å². The summed E-state index contributed by atoms with van der Waals surface area (Å²) in [6.07, 6.45) is 0. The third kappa shape index (κ3) is 10.2. The van der Waals surface area contributed by atoms with Crippen LogP contribution in [-0.4, -0.2) is 19.9 Å². The lowest BCUT2D eigenvalue weighted by molar-refractivity contribution is 1.18. The Labute approximate surface area is 478 Å². The minimum Gasteiger partial charge on any atom is -0.228 e. The molecule has 0 radical (unpaired) electrons. The topological polar surface area (TPSA) is 51.6 Å². The van der Waals surface area contributed by atoms with Crippen LogP contribution in [0, 0.1) is 0 Å². The first kappa shape index (κ1) is 49.4. The van der Waals surface area contributed by atoms with Crippen LogP contribution in [0.3, 0.4) is 0 Å². The monoisotopic (exact) mass is 1040 g/mol. The molecular weight excluding hydrogens is 993 g/mol. The second-order valence-electron chi connectivity index (χ2n) is 20.6. The van der Waals surface area contributed by atoms with Crippen LogP contribution in [0.4, 0.5) is 0 Å². The van der Waals surface area contributed by atoms with Gasteiger partial charge in [-0.2, -0.15) is 0 Å². The number of rotatable bonds is 12. The lowest BCUT2D eigenvalue weighted by Crippen LogP contribution is -1.96. The Morgan fingerprint density at radius 2 is 0.354 bits per heavy atom. The zero-order valence-corrected chi connectivity index (χ0v) is 44.8. The summed E-state index contributed by atoms with van der Waals surface area (Å²) < 4.78 is 0. The standard InChI is InChI=1S/C78H52N4/c1-5-15-53(16-6-1)55-27-31-57(32-28-55)59-35-43-63(44-36-59)73-51-75(81-77(79-73)67-19-9-3-10-20-67)65-47-39-61(40-48-65)69-23-13-26-72-70(24-14-25-71(69)72)62-41-49-66(50-42-62)76-52-74(80-78(82-76)68-21-11-4-12-22-68)64-45-37-60(38-46-64)58-33-29-56(30-34-58)54-17-7-2-8-18-54/h1-52H. The van der Waals surface area contributed by atoms with Gasteiger partial charge in [-0.25, -0.2) is 19.9 Å². The molecule has 0 spiro atoms. The third-order valence-corrected chi connectivity index (χ3v) is 15.4. The zero-order valence-electron chi connectivity index (χ0n) is 44.8. The molecule has 0 amide bonds. The van der Waals surface area contributed by atoms with Crippen LogP contribution < -0.4 is 0 Å². The normalized spacial score (nSPS) is 11.2. The van der Waals surface area contributed by atoms with E-state index in [1.165, 1.54) is 55.3 Å². The van der Waals surface area contributed by atoms with Gasteiger partial charge < -0.3 is 0 Å². The van der Waals surface area contributed by atoms with Gasteiger partial charge in [-0.05, 0) is 89.7 Å². The predicted molar refractivity (Wildman–Crippen MR) is 340 cm³/mol. The number of aromatic nitrogens is 4. The number of hydrogen-bond donors (Lipinski definition) is 0. The first-order valence-electron chi connectivity index (χ1n) is 27.8. The Morgan fingerprint density at radius 3 is 0.610 bits per heavy atom. The molecule has 0 bridgehead atoms. The van der Waals surface area contributed by atoms with E-state index in [9.17, 15) is 0 Å². The molecule has 2 aromatic heterocycles. The van der Waals surface area contributed by atoms with Crippen LogP contribution in [0.1, 0.15) is 0 Å². The molecule has 82 heavy (non-hydrogen) atoms. The van der Waals surface area contributed by atoms with E-state index in [0.29, 0.717) is 11.6 Å².